The summed E-state index contributed by atoms with van der Waals surface area (Å²) in [5.74, 6) is 0. The molecule has 1 N–H and O–H groups in total. The zero-order chi connectivity index (χ0) is 13.3. The summed E-state index contributed by atoms with van der Waals surface area (Å²) < 4.78 is 1.18. The molecule has 0 aliphatic heterocycles. The maximum Gasteiger partial charge on any atom is 0.294 e. The van der Waals surface area contributed by atoms with Crippen LogP contribution in [0.25, 0.3) is 0 Å². The van der Waals surface area contributed by atoms with Crippen LogP contribution in [0.5, 0.6) is 0 Å². The molecule has 6 nitrogen and oxygen atoms in total. The van der Waals surface area contributed by atoms with Crippen LogP contribution in [0.2, 0.25) is 0 Å². The highest BCUT2D eigenvalue weighted by Crippen LogP contribution is 2.43. The molecule has 0 aromatic carbocycles. The van der Waals surface area contributed by atoms with E-state index in [1.165, 1.54) is 40.5 Å². The molecule has 2 heterocycles. The number of rotatable bonds is 4. The first-order valence-electron chi connectivity index (χ1n) is 4.91. The first-order chi connectivity index (χ1) is 8.47. The molecular formula is C9H9N3O3S3. The minimum Gasteiger partial charge on any atom is -0.388 e. The predicted octanol–water partition coefficient (Wildman–Crippen LogP) is 3.02. The van der Waals surface area contributed by atoms with Gasteiger partial charge in [0.05, 0.1) is 11.0 Å². The van der Waals surface area contributed by atoms with Crippen molar-refractivity contribution in [3.05, 3.63) is 26.1 Å². The number of aromatic nitrogens is 2. The first kappa shape index (κ1) is 13.4. The number of aliphatic hydroxyl groups excluding tert-OH is 1. The summed E-state index contributed by atoms with van der Waals surface area (Å²) in [5.41, 5.74) is 0.00810. The fourth-order valence-electron chi connectivity index (χ4n) is 1.19. The van der Waals surface area contributed by atoms with Crippen molar-refractivity contribution in [3.8, 4) is 0 Å². The molecule has 18 heavy (non-hydrogen) atoms. The Labute approximate surface area is 115 Å². The molecule has 0 fully saturated rings. The van der Waals surface area contributed by atoms with Crippen molar-refractivity contribution in [1.82, 2.24) is 10.2 Å². The molecule has 0 unspecified atom stereocenters. The van der Waals surface area contributed by atoms with E-state index in [4.69, 9.17) is 0 Å². The summed E-state index contributed by atoms with van der Waals surface area (Å²) in [6.07, 6.45) is -0.709. The van der Waals surface area contributed by atoms with Crippen molar-refractivity contribution >= 4 is 40.1 Å². The van der Waals surface area contributed by atoms with Gasteiger partial charge in [0.15, 0.2) is 4.34 Å². The Hall–Kier alpha value is -1.03. The molecule has 2 aromatic heterocycles. The molecule has 0 aliphatic carbocycles. The smallest absolute Gasteiger partial charge is 0.294 e. The van der Waals surface area contributed by atoms with Crippen LogP contribution in [0, 0.1) is 17.0 Å². The lowest BCUT2D eigenvalue weighted by molar-refractivity contribution is -0.387. The second kappa shape index (κ2) is 5.31. The minimum atomic E-state index is -0.709. The highest BCUT2D eigenvalue weighted by Gasteiger charge is 2.22. The molecule has 2 rings (SSSR count). The van der Waals surface area contributed by atoms with Gasteiger partial charge in [-0.05, 0) is 25.6 Å². The summed E-state index contributed by atoms with van der Waals surface area (Å²) in [7, 11) is 0. The van der Waals surface area contributed by atoms with E-state index < -0.39 is 11.0 Å². The monoisotopic (exact) mass is 303 g/mol. The second-order valence-electron chi connectivity index (χ2n) is 3.44. The van der Waals surface area contributed by atoms with E-state index in [9.17, 15) is 15.2 Å². The van der Waals surface area contributed by atoms with Crippen molar-refractivity contribution < 1.29 is 10.0 Å². The molecule has 0 radical (unpaired) electrons. The van der Waals surface area contributed by atoms with Gasteiger partial charge in [-0.15, -0.1) is 21.5 Å². The van der Waals surface area contributed by atoms with Gasteiger partial charge in [0.25, 0.3) is 5.69 Å². The van der Waals surface area contributed by atoms with Crippen molar-refractivity contribution in [3.63, 3.8) is 0 Å². The Morgan fingerprint density at radius 1 is 1.50 bits per heavy atom. The molecule has 0 aliphatic rings. The average Bonchev–Trinajstić information content (AvgIpc) is 2.85. The van der Waals surface area contributed by atoms with E-state index in [1.54, 1.807) is 6.92 Å². The highest BCUT2D eigenvalue weighted by atomic mass is 32.2. The van der Waals surface area contributed by atoms with Crippen molar-refractivity contribution in [2.24, 2.45) is 0 Å². The lowest BCUT2D eigenvalue weighted by Gasteiger charge is -1.95. The van der Waals surface area contributed by atoms with E-state index in [0.29, 0.717) is 13.4 Å². The lowest BCUT2D eigenvalue weighted by atomic mass is 10.3. The van der Waals surface area contributed by atoms with Crippen molar-refractivity contribution in [1.29, 1.82) is 0 Å². The Bertz CT molecular complexity index is 579. The molecule has 0 spiro atoms. The predicted molar refractivity (Wildman–Crippen MR) is 70.4 cm³/mol. The molecule has 0 amide bonds. The standard InChI is InChI=1S/C9H9N3O3S3/c1-4(13)7-3-6(12(14)15)8(17-7)18-9-11-10-5(2)16-9/h3-4,13H,1-2H3/t4-/m1/s1. The number of hydrogen-bond acceptors (Lipinski definition) is 8. The van der Waals surface area contributed by atoms with Gasteiger partial charge in [-0.3, -0.25) is 10.1 Å². The van der Waals surface area contributed by atoms with Gasteiger partial charge in [0.1, 0.15) is 9.22 Å². The summed E-state index contributed by atoms with van der Waals surface area (Å²) >= 11 is 3.81. The van der Waals surface area contributed by atoms with Crippen LogP contribution in [-0.4, -0.2) is 20.2 Å². The van der Waals surface area contributed by atoms with E-state index in [2.05, 4.69) is 10.2 Å². The number of nitro groups is 1. The summed E-state index contributed by atoms with van der Waals surface area (Å²) in [6.45, 7) is 3.41. The van der Waals surface area contributed by atoms with Gasteiger partial charge in [0.2, 0.25) is 0 Å². The van der Waals surface area contributed by atoms with E-state index in [-0.39, 0.29) is 5.69 Å². The minimum absolute atomic E-state index is 0.00810. The molecule has 0 saturated carbocycles. The summed E-state index contributed by atoms with van der Waals surface area (Å²) in [6, 6.07) is 1.41. The molecule has 96 valence electrons. The van der Waals surface area contributed by atoms with Crippen LogP contribution >= 0.6 is 34.4 Å². The lowest BCUT2D eigenvalue weighted by Crippen LogP contribution is -1.87. The van der Waals surface area contributed by atoms with Crippen molar-refractivity contribution in [2.75, 3.05) is 0 Å². The highest BCUT2D eigenvalue weighted by molar-refractivity contribution is 8.02. The number of hydrogen-bond donors (Lipinski definition) is 1. The van der Waals surface area contributed by atoms with Gasteiger partial charge < -0.3 is 5.11 Å². The van der Waals surface area contributed by atoms with Gasteiger partial charge in [-0.2, -0.15) is 0 Å². The van der Waals surface area contributed by atoms with Gasteiger partial charge >= 0.3 is 0 Å². The molecule has 0 saturated heterocycles. The molecule has 0 bridgehead atoms. The molecule has 2 aromatic rings. The Balaban J connectivity index is 2.33. The topological polar surface area (TPSA) is 89.2 Å². The van der Waals surface area contributed by atoms with Crippen LogP contribution in [0.3, 0.4) is 0 Å². The third-order valence-electron chi connectivity index (χ3n) is 1.99. The van der Waals surface area contributed by atoms with E-state index in [1.807, 2.05) is 6.92 Å². The summed E-state index contributed by atoms with van der Waals surface area (Å²) in [5, 5.41) is 29.0. The van der Waals surface area contributed by atoms with Crippen molar-refractivity contribution in [2.45, 2.75) is 28.5 Å². The fraction of sp³-hybridized carbons (Fsp3) is 0.333. The maximum atomic E-state index is 10.9. The van der Waals surface area contributed by atoms with Gasteiger partial charge in [-0.1, -0.05) is 11.3 Å². The van der Waals surface area contributed by atoms with Crippen LogP contribution in [0.4, 0.5) is 5.69 Å². The Kier molecular flexibility index (Phi) is 3.95. The molecular weight excluding hydrogens is 294 g/mol. The number of aryl methyl sites for hydroxylation is 1. The van der Waals surface area contributed by atoms with Crippen LogP contribution in [-0.2, 0) is 0 Å². The largest absolute Gasteiger partial charge is 0.388 e. The van der Waals surface area contributed by atoms with Gasteiger partial charge in [-0.25, -0.2) is 0 Å². The zero-order valence-electron chi connectivity index (χ0n) is 9.48. The van der Waals surface area contributed by atoms with E-state index in [0.717, 1.165) is 5.01 Å². The van der Waals surface area contributed by atoms with E-state index >= 15 is 0 Å². The fourth-order valence-corrected chi connectivity index (χ4v) is 4.50. The van der Waals surface area contributed by atoms with Crippen LogP contribution < -0.4 is 0 Å². The van der Waals surface area contributed by atoms with Crippen LogP contribution in [0.15, 0.2) is 14.6 Å². The number of nitrogens with zero attached hydrogens (tertiary/aromatic N) is 3. The van der Waals surface area contributed by atoms with Gasteiger partial charge in [0, 0.05) is 10.9 Å². The molecule has 1 atom stereocenters. The first-order valence-corrected chi connectivity index (χ1v) is 7.36. The SMILES string of the molecule is Cc1nnc(Sc2sc([C@@H](C)O)cc2[N+](=O)[O-])s1. The number of thiophene rings is 1. The summed E-state index contributed by atoms with van der Waals surface area (Å²) in [4.78, 5) is 11.1. The Morgan fingerprint density at radius 2 is 2.22 bits per heavy atom. The van der Waals surface area contributed by atoms with Crippen LogP contribution in [0.1, 0.15) is 22.9 Å². The quantitative estimate of drug-likeness (QED) is 0.690. The molecule has 9 heteroatoms. The normalized spacial score (nSPS) is 12.6. The second-order valence-corrected chi connectivity index (χ2v) is 7.22. The maximum absolute atomic E-state index is 10.9. The number of aliphatic hydroxyl groups is 1. The Morgan fingerprint density at radius 3 is 2.72 bits per heavy atom. The average molecular weight is 303 g/mol. The zero-order valence-corrected chi connectivity index (χ0v) is 11.9. The third-order valence-corrected chi connectivity index (χ3v) is 5.37. The third kappa shape index (κ3) is 2.86.